The van der Waals surface area contributed by atoms with Gasteiger partial charge in [0.05, 0.1) is 5.71 Å². The maximum atomic E-state index is 12.0. The predicted molar refractivity (Wildman–Crippen MR) is 88.2 cm³/mol. The molecule has 0 aliphatic heterocycles. The number of nitrogens with zero attached hydrogens (tertiary/aromatic N) is 1. The molecule has 0 radical (unpaired) electrons. The first-order valence-electron chi connectivity index (χ1n) is 6.42. The average molecular weight is 344 g/mol. The van der Waals surface area contributed by atoms with Gasteiger partial charge in [0.15, 0.2) is 0 Å². The van der Waals surface area contributed by atoms with Gasteiger partial charge in [0.25, 0.3) is 0 Å². The fraction of sp³-hybridized carbons (Fsp3) is 0.533. The molecule has 0 amide bonds. The Morgan fingerprint density at radius 3 is 2.58 bits per heavy atom. The zero-order valence-corrected chi connectivity index (χ0v) is 14.6. The summed E-state index contributed by atoms with van der Waals surface area (Å²) in [7, 11) is 0. The highest BCUT2D eigenvalue weighted by Crippen LogP contribution is 2.24. The van der Waals surface area contributed by atoms with Gasteiger partial charge in [-0.1, -0.05) is 39.4 Å². The maximum absolute atomic E-state index is 12.0. The first-order chi connectivity index (χ1) is 8.70. The van der Waals surface area contributed by atoms with Crippen LogP contribution in [-0.4, -0.2) is 15.0 Å². The molecule has 0 saturated carbocycles. The van der Waals surface area contributed by atoms with Crippen LogP contribution >= 0.6 is 15.9 Å². The maximum Gasteiger partial charge on any atom is 0.144 e. The number of hydrogen-bond acceptors (Lipinski definition) is 2. The van der Waals surface area contributed by atoms with E-state index < -0.39 is 11.4 Å². The molecule has 1 aromatic carbocycles. The fourth-order valence-electron chi connectivity index (χ4n) is 1.69. The van der Waals surface area contributed by atoms with Crippen molar-refractivity contribution in [3.8, 4) is 0 Å². The van der Waals surface area contributed by atoms with E-state index in [2.05, 4.69) is 39.4 Å². The molecule has 1 aromatic rings. The van der Waals surface area contributed by atoms with Crippen LogP contribution in [0.4, 0.5) is 0 Å². The molecule has 106 valence electrons. The molecule has 1 rings (SSSR count). The van der Waals surface area contributed by atoms with Gasteiger partial charge >= 0.3 is 0 Å². The minimum absolute atomic E-state index is 0.291. The molecule has 19 heavy (non-hydrogen) atoms. The number of benzene rings is 1. The van der Waals surface area contributed by atoms with E-state index in [4.69, 9.17) is 0 Å². The summed E-state index contributed by atoms with van der Waals surface area (Å²) >= 11 is 2.32. The second kappa shape index (κ2) is 6.91. The van der Waals surface area contributed by atoms with Crippen molar-refractivity contribution in [3.63, 3.8) is 0 Å². The van der Waals surface area contributed by atoms with E-state index in [0.29, 0.717) is 5.92 Å². The van der Waals surface area contributed by atoms with Crippen molar-refractivity contribution < 1.29 is 4.55 Å². The van der Waals surface area contributed by atoms with Crippen molar-refractivity contribution in [2.24, 2.45) is 4.40 Å². The van der Waals surface area contributed by atoms with Crippen molar-refractivity contribution in [1.82, 2.24) is 0 Å². The molecule has 0 fully saturated rings. The highest BCUT2D eigenvalue weighted by atomic mass is 79.9. The van der Waals surface area contributed by atoms with Crippen LogP contribution in [0.5, 0.6) is 0 Å². The van der Waals surface area contributed by atoms with Crippen LogP contribution in [0, 0.1) is 0 Å². The Hall–Kier alpha value is -0.320. The van der Waals surface area contributed by atoms with Crippen molar-refractivity contribution >= 4 is 33.0 Å². The zero-order valence-electron chi connectivity index (χ0n) is 12.2. The first kappa shape index (κ1) is 16.7. The minimum atomic E-state index is -1.17. The largest absolute Gasteiger partial charge is 0.591 e. The van der Waals surface area contributed by atoms with Crippen molar-refractivity contribution in [3.05, 3.63) is 34.3 Å². The van der Waals surface area contributed by atoms with Crippen LogP contribution in [0.15, 0.2) is 33.1 Å². The van der Waals surface area contributed by atoms with Crippen LogP contribution in [-0.2, 0) is 11.4 Å². The molecule has 0 aromatic heterocycles. The zero-order chi connectivity index (χ0) is 14.6. The van der Waals surface area contributed by atoms with E-state index in [1.807, 2.05) is 39.8 Å². The third kappa shape index (κ3) is 5.67. The van der Waals surface area contributed by atoms with Crippen molar-refractivity contribution in [2.45, 2.75) is 51.7 Å². The van der Waals surface area contributed by atoms with E-state index in [-0.39, 0.29) is 4.75 Å². The van der Waals surface area contributed by atoms with Gasteiger partial charge in [-0.15, -0.1) is 0 Å². The van der Waals surface area contributed by atoms with Gasteiger partial charge < -0.3 is 4.55 Å². The fourth-order valence-corrected chi connectivity index (χ4v) is 2.74. The summed E-state index contributed by atoms with van der Waals surface area (Å²) in [6.07, 6.45) is 0.832. The Balaban J connectivity index is 2.71. The lowest BCUT2D eigenvalue weighted by atomic mass is 9.96. The van der Waals surface area contributed by atoms with Crippen LogP contribution in [0.2, 0.25) is 0 Å². The van der Waals surface area contributed by atoms with Crippen molar-refractivity contribution in [2.75, 3.05) is 0 Å². The van der Waals surface area contributed by atoms with E-state index >= 15 is 0 Å². The second-order valence-corrected chi connectivity index (χ2v) is 8.67. The van der Waals surface area contributed by atoms with Crippen molar-refractivity contribution in [1.29, 1.82) is 0 Å². The molecule has 0 saturated heterocycles. The number of hydrogen-bond donors (Lipinski definition) is 0. The Labute approximate surface area is 128 Å². The Bertz CT molecular complexity index is 454. The van der Waals surface area contributed by atoms with E-state index in [0.717, 1.165) is 16.6 Å². The molecule has 0 spiro atoms. The van der Waals surface area contributed by atoms with Crippen LogP contribution in [0.25, 0.3) is 0 Å². The Morgan fingerprint density at radius 1 is 1.42 bits per heavy atom. The first-order valence-corrected chi connectivity index (χ1v) is 8.31. The summed E-state index contributed by atoms with van der Waals surface area (Å²) in [5.41, 5.74) is 2.21. The summed E-state index contributed by atoms with van der Waals surface area (Å²) in [5, 5.41) is 0. The van der Waals surface area contributed by atoms with Crippen LogP contribution in [0.3, 0.4) is 0 Å². The van der Waals surface area contributed by atoms with Gasteiger partial charge in [0.1, 0.15) is 16.1 Å². The Kier molecular flexibility index (Phi) is 6.09. The lowest BCUT2D eigenvalue weighted by Gasteiger charge is -2.19. The standard InChI is InChI=1S/C15H22BrNOS/c1-11(13-7-6-8-14(16)10-13)9-12(2)17-19(18)15(3,4)5/h6-8,10-11H,9H2,1-5H3/b17-12+/t11?,19-/m1/s1. The monoisotopic (exact) mass is 343 g/mol. The molecule has 0 aliphatic rings. The van der Waals surface area contributed by atoms with E-state index in [1.54, 1.807) is 0 Å². The molecule has 1 unspecified atom stereocenters. The van der Waals surface area contributed by atoms with Gasteiger partial charge in [0.2, 0.25) is 0 Å². The predicted octanol–water partition coefficient (Wildman–Crippen LogP) is 4.87. The van der Waals surface area contributed by atoms with Gasteiger partial charge in [0, 0.05) is 4.47 Å². The quantitative estimate of drug-likeness (QED) is 0.567. The summed E-state index contributed by atoms with van der Waals surface area (Å²) in [6.45, 7) is 9.95. The lowest BCUT2D eigenvalue weighted by Crippen LogP contribution is -2.26. The third-order valence-corrected chi connectivity index (χ3v) is 4.80. The number of rotatable bonds is 4. The normalized spacial score (nSPS) is 16.3. The lowest BCUT2D eigenvalue weighted by molar-refractivity contribution is 0.561. The SMILES string of the molecule is C/C(CC(C)c1cccc(Br)c1)=N\[S@+]([O-])C(C)(C)C. The molecule has 2 atom stereocenters. The molecule has 2 nitrogen and oxygen atoms in total. The second-order valence-electron chi connectivity index (χ2n) is 5.85. The minimum Gasteiger partial charge on any atom is -0.591 e. The summed E-state index contributed by atoms with van der Waals surface area (Å²) in [6, 6.07) is 8.30. The van der Waals surface area contributed by atoms with Gasteiger partial charge in [-0.3, -0.25) is 0 Å². The van der Waals surface area contributed by atoms with Crippen LogP contribution in [0.1, 0.15) is 52.5 Å². The molecular formula is C15H22BrNOS. The highest BCUT2D eigenvalue weighted by Gasteiger charge is 2.26. The molecule has 0 aliphatic carbocycles. The van der Waals surface area contributed by atoms with Gasteiger partial charge in [-0.25, -0.2) is 0 Å². The topological polar surface area (TPSA) is 35.4 Å². The average Bonchev–Trinajstić information content (AvgIpc) is 2.27. The summed E-state index contributed by atoms with van der Waals surface area (Å²) in [5.74, 6) is 0.373. The van der Waals surface area contributed by atoms with Gasteiger partial charge in [-0.2, -0.15) is 0 Å². The highest BCUT2D eigenvalue weighted by molar-refractivity contribution is 9.10. The molecule has 0 N–H and O–H groups in total. The number of halogens is 1. The van der Waals surface area contributed by atoms with Gasteiger partial charge in [-0.05, 0) is 57.7 Å². The molecular weight excluding hydrogens is 322 g/mol. The summed E-state index contributed by atoms with van der Waals surface area (Å²) in [4.78, 5) is 0. The molecule has 4 heteroatoms. The smallest absolute Gasteiger partial charge is 0.144 e. The summed E-state index contributed by atoms with van der Waals surface area (Å²) < 4.78 is 17.1. The van der Waals surface area contributed by atoms with E-state index in [1.165, 1.54) is 5.56 Å². The molecule has 0 heterocycles. The van der Waals surface area contributed by atoms with Crippen LogP contribution < -0.4 is 0 Å². The molecule has 0 bridgehead atoms. The van der Waals surface area contributed by atoms with E-state index in [9.17, 15) is 4.55 Å². The Morgan fingerprint density at radius 2 is 2.05 bits per heavy atom. The third-order valence-electron chi connectivity index (χ3n) is 2.78.